The largest absolute Gasteiger partial charge is 0.465 e. The van der Waals surface area contributed by atoms with Crippen LogP contribution < -0.4 is 5.32 Å². The highest BCUT2D eigenvalue weighted by Gasteiger charge is 2.39. The molecule has 1 atom stereocenters. The summed E-state index contributed by atoms with van der Waals surface area (Å²) in [7, 11) is 0. The van der Waals surface area contributed by atoms with E-state index in [-0.39, 0.29) is 0 Å². The lowest BCUT2D eigenvalue weighted by molar-refractivity contribution is 0.0908. The molecular formula is C15H24N2O. The van der Waals surface area contributed by atoms with Gasteiger partial charge in [0.1, 0.15) is 11.5 Å². The van der Waals surface area contributed by atoms with Gasteiger partial charge in [-0.25, -0.2) is 0 Å². The third kappa shape index (κ3) is 2.21. The predicted octanol–water partition coefficient (Wildman–Crippen LogP) is 2.87. The molecule has 0 aromatic carbocycles. The van der Waals surface area contributed by atoms with Crippen LogP contribution in [0, 0.1) is 6.92 Å². The summed E-state index contributed by atoms with van der Waals surface area (Å²) in [4.78, 5) is 2.58. The van der Waals surface area contributed by atoms with E-state index in [0.717, 1.165) is 24.6 Å². The molecular weight excluding hydrogens is 224 g/mol. The minimum Gasteiger partial charge on any atom is -0.465 e. The van der Waals surface area contributed by atoms with Crippen LogP contribution in [0.1, 0.15) is 50.2 Å². The molecule has 0 amide bonds. The fraction of sp³-hybridized carbons (Fsp3) is 0.733. The molecule has 3 rings (SSSR count). The second-order valence-corrected chi connectivity index (χ2v) is 6.01. The molecule has 1 aliphatic heterocycles. The molecule has 1 unspecified atom stereocenters. The van der Waals surface area contributed by atoms with E-state index in [2.05, 4.69) is 29.3 Å². The lowest BCUT2D eigenvalue weighted by Gasteiger charge is -2.43. The molecule has 1 aliphatic carbocycles. The van der Waals surface area contributed by atoms with Crippen LogP contribution in [0.2, 0.25) is 0 Å². The Balaban J connectivity index is 1.72. The molecule has 1 saturated heterocycles. The number of furan rings is 1. The lowest BCUT2D eigenvalue weighted by atomic mass is 9.93. The first kappa shape index (κ1) is 12.2. The summed E-state index contributed by atoms with van der Waals surface area (Å²) in [5, 5.41) is 3.76. The summed E-state index contributed by atoms with van der Waals surface area (Å²) in [5.74, 6) is 2.13. The average Bonchev–Trinajstić information content (AvgIpc) is 2.98. The fourth-order valence-electron chi connectivity index (χ4n) is 3.56. The summed E-state index contributed by atoms with van der Waals surface area (Å²) < 4.78 is 5.79. The molecule has 1 spiro atoms. The third-order valence-electron chi connectivity index (χ3n) is 4.69. The van der Waals surface area contributed by atoms with Gasteiger partial charge in [0.15, 0.2) is 0 Å². The lowest BCUT2D eigenvalue weighted by Crippen LogP contribution is -2.59. The van der Waals surface area contributed by atoms with Crippen LogP contribution in [0.3, 0.4) is 0 Å². The van der Waals surface area contributed by atoms with Gasteiger partial charge < -0.3 is 9.73 Å². The molecule has 100 valence electrons. The zero-order chi connectivity index (χ0) is 12.6. The Morgan fingerprint density at radius 3 is 2.78 bits per heavy atom. The van der Waals surface area contributed by atoms with Crippen LogP contribution in [0.25, 0.3) is 0 Å². The summed E-state index contributed by atoms with van der Waals surface area (Å²) >= 11 is 0. The van der Waals surface area contributed by atoms with E-state index in [0.29, 0.717) is 11.6 Å². The van der Waals surface area contributed by atoms with E-state index in [1.807, 2.05) is 6.92 Å². The maximum atomic E-state index is 5.79. The first-order valence-electron chi connectivity index (χ1n) is 7.24. The summed E-state index contributed by atoms with van der Waals surface area (Å²) in [5.41, 5.74) is 0.397. The number of nitrogens with one attached hydrogen (secondary N) is 1. The standard InChI is InChI=1S/C15H24N2O/c1-12-5-6-14(18-12)13(2)17-10-9-16-15(11-17)7-3-4-8-15/h5-6,13,16H,3-4,7-11H2,1-2H3. The van der Waals surface area contributed by atoms with Gasteiger partial charge in [0.25, 0.3) is 0 Å². The maximum Gasteiger partial charge on any atom is 0.121 e. The van der Waals surface area contributed by atoms with Crippen molar-refractivity contribution in [2.24, 2.45) is 0 Å². The zero-order valence-corrected chi connectivity index (χ0v) is 11.5. The molecule has 1 N–H and O–H groups in total. The second-order valence-electron chi connectivity index (χ2n) is 6.01. The molecule has 2 fully saturated rings. The SMILES string of the molecule is Cc1ccc(C(C)N2CCNC3(CCCC3)C2)o1. The van der Waals surface area contributed by atoms with Crippen molar-refractivity contribution in [3.8, 4) is 0 Å². The minimum atomic E-state index is 0.397. The Hall–Kier alpha value is -0.800. The molecule has 0 bridgehead atoms. The molecule has 1 aromatic rings. The van der Waals surface area contributed by atoms with E-state index in [1.165, 1.54) is 32.2 Å². The van der Waals surface area contributed by atoms with Crippen LogP contribution in [-0.2, 0) is 0 Å². The molecule has 1 aromatic heterocycles. The summed E-state index contributed by atoms with van der Waals surface area (Å²) in [6.07, 6.45) is 5.45. The van der Waals surface area contributed by atoms with Crippen LogP contribution in [0.15, 0.2) is 16.5 Å². The minimum absolute atomic E-state index is 0.397. The van der Waals surface area contributed by atoms with Crippen molar-refractivity contribution < 1.29 is 4.42 Å². The van der Waals surface area contributed by atoms with E-state index in [9.17, 15) is 0 Å². The Morgan fingerprint density at radius 2 is 2.11 bits per heavy atom. The highest BCUT2D eigenvalue weighted by molar-refractivity contribution is 5.10. The first-order valence-corrected chi connectivity index (χ1v) is 7.24. The number of hydrogen-bond donors (Lipinski definition) is 1. The van der Waals surface area contributed by atoms with Gasteiger partial charge in [-0.05, 0) is 38.8 Å². The van der Waals surface area contributed by atoms with Crippen molar-refractivity contribution in [2.75, 3.05) is 19.6 Å². The van der Waals surface area contributed by atoms with Gasteiger partial charge in [0.2, 0.25) is 0 Å². The molecule has 2 aliphatic rings. The molecule has 2 heterocycles. The molecule has 0 radical (unpaired) electrons. The highest BCUT2D eigenvalue weighted by Crippen LogP contribution is 2.34. The highest BCUT2D eigenvalue weighted by atomic mass is 16.3. The average molecular weight is 248 g/mol. The molecule has 3 heteroatoms. The molecule has 3 nitrogen and oxygen atoms in total. The van der Waals surface area contributed by atoms with Gasteiger partial charge in [0, 0.05) is 25.2 Å². The third-order valence-corrected chi connectivity index (χ3v) is 4.69. The maximum absolute atomic E-state index is 5.79. The van der Waals surface area contributed by atoms with E-state index in [1.54, 1.807) is 0 Å². The van der Waals surface area contributed by atoms with Crippen molar-refractivity contribution in [2.45, 2.75) is 51.1 Å². The number of nitrogens with zero attached hydrogens (tertiary/aromatic N) is 1. The topological polar surface area (TPSA) is 28.4 Å². The van der Waals surface area contributed by atoms with Crippen molar-refractivity contribution in [3.63, 3.8) is 0 Å². The van der Waals surface area contributed by atoms with Gasteiger partial charge in [-0.3, -0.25) is 4.90 Å². The Kier molecular flexibility index (Phi) is 3.20. The second kappa shape index (κ2) is 4.71. The van der Waals surface area contributed by atoms with Gasteiger partial charge in [0.05, 0.1) is 6.04 Å². The zero-order valence-electron chi connectivity index (χ0n) is 11.5. The van der Waals surface area contributed by atoms with Crippen LogP contribution in [0.5, 0.6) is 0 Å². The van der Waals surface area contributed by atoms with Gasteiger partial charge in [-0.2, -0.15) is 0 Å². The van der Waals surface area contributed by atoms with E-state index >= 15 is 0 Å². The summed E-state index contributed by atoms with van der Waals surface area (Å²) in [6, 6.07) is 4.60. The fourth-order valence-corrected chi connectivity index (χ4v) is 3.56. The van der Waals surface area contributed by atoms with Crippen molar-refractivity contribution in [1.82, 2.24) is 10.2 Å². The molecule has 18 heavy (non-hydrogen) atoms. The Morgan fingerprint density at radius 1 is 1.33 bits per heavy atom. The van der Waals surface area contributed by atoms with E-state index < -0.39 is 0 Å². The quantitative estimate of drug-likeness (QED) is 0.872. The van der Waals surface area contributed by atoms with E-state index in [4.69, 9.17) is 4.42 Å². The van der Waals surface area contributed by atoms with Gasteiger partial charge in [-0.1, -0.05) is 12.8 Å². The first-order chi connectivity index (χ1) is 8.69. The number of piperazine rings is 1. The van der Waals surface area contributed by atoms with Gasteiger partial charge >= 0.3 is 0 Å². The Bertz CT molecular complexity index is 406. The number of hydrogen-bond acceptors (Lipinski definition) is 3. The van der Waals surface area contributed by atoms with Crippen molar-refractivity contribution in [3.05, 3.63) is 23.7 Å². The van der Waals surface area contributed by atoms with Gasteiger partial charge in [-0.15, -0.1) is 0 Å². The summed E-state index contributed by atoms with van der Waals surface area (Å²) in [6.45, 7) is 7.71. The Labute approximate surface area is 110 Å². The van der Waals surface area contributed by atoms with Crippen molar-refractivity contribution in [1.29, 1.82) is 0 Å². The number of rotatable bonds is 2. The monoisotopic (exact) mass is 248 g/mol. The smallest absolute Gasteiger partial charge is 0.121 e. The normalized spacial score (nSPS) is 25.7. The van der Waals surface area contributed by atoms with Crippen molar-refractivity contribution >= 4 is 0 Å². The van der Waals surface area contributed by atoms with Crippen LogP contribution in [0.4, 0.5) is 0 Å². The van der Waals surface area contributed by atoms with Crippen LogP contribution >= 0.6 is 0 Å². The number of aryl methyl sites for hydroxylation is 1. The molecule has 1 saturated carbocycles. The van der Waals surface area contributed by atoms with Crippen LogP contribution in [-0.4, -0.2) is 30.1 Å². The predicted molar refractivity (Wildman–Crippen MR) is 72.6 cm³/mol.